The highest BCUT2D eigenvalue weighted by Gasteiger charge is 2.20. The van der Waals surface area contributed by atoms with Gasteiger partial charge in [0, 0.05) is 5.56 Å². The fraction of sp³-hybridized carbons (Fsp3) is 0.333. The third-order valence-electron chi connectivity index (χ3n) is 1.81. The minimum absolute atomic E-state index is 0.0926. The maximum Gasteiger partial charge on any atom is 0.257 e. The van der Waals surface area contributed by atoms with E-state index in [1.54, 1.807) is 13.0 Å². The van der Waals surface area contributed by atoms with Gasteiger partial charge in [-0.1, -0.05) is 17.7 Å². The minimum Gasteiger partial charge on any atom is -0.508 e. The number of halogens is 2. The number of rotatable bonds is 2. The smallest absolute Gasteiger partial charge is 0.257 e. The molecule has 1 rings (SSSR count). The number of nitrogens with two attached hydrogens (primary N) is 1. The van der Waals surface area contributed by atoms with E-state index in [2.05, 4.69) is 0 Å². The topological polar surface area (TPSA) is 46.2 Å². The third kappa shape index (κ3) is 2.15. The first kappa shape index (κ1) is 9.92. The predicted molar refractivity (Wildman–Crippen MR) is 45.8 cm³/mol. The molecule has 0 aliphatic rings. The van der Waals surface area contributed by atoms with Crippen molar-refractivity contribution in [1.29, 1.82) is 0 Å². The zero-order valence-corrected chi connectivity index (χ0v) is 7.17. The van der Waals surface area contributed by atoms with Gasteiger partial charge in [-0.05, 0) is 13.0 Å². The maximum absolute atomic E-state index is 12.2. The molecule has 2 nitrogen and oxygen atoms in total. The molecular weight excluding hydrogens is 176 g/mol. The molecule has 1 aromatic rings. The molecular formula is C9H11F2NO. The summed E-state index contributed by atoms with van der Waals surface area (Å²) in [6.45, 7) is 1.75. The highest BCUT2D eigenvalue weighted by molar-refractivity contribution is 5.38. The molecule has 1 aromatic carbocycles. The van der Waals surface area contributed by atoms with E-state index in [0.29, 0.717) is 0 Å². The van der Waals surface area contributed by atoms with Crippen LogP contribution in [0, 0.1) is 6.92 Å². The second-order valence-corrected chi connectivity index (χ2v) is 2.92. The van der Waals surface area contributed by atoms with Crippen molar-refractivity contribution in [2.75, 3.05) is 0 Å². The van der Waals surface area contributed by atoms with Crippen molar-refractivity contribution in [2.45, 2.75) is 19.4 Å². The molecule has 13 heavy (non-hydrogen) atoms. The van der Waals surface area contributed by atoms with Crippen LogP contribution in [-0.2, 0) is 0 Å². The standard InChI is InChI=1S/C9H11F2NO/c1-5-2-3-7(13)6(4-5)8(12)9(10)11/h2-4,8-9,13H,12H2,1H3. The zero-order valence-electron chi connectivity index (χ0n) is 7.17. The fourth-order valence-corrected chi connectivity index (χ4v) is 1.08. The van der Waals surface area contributed by atoms with Crippen molar-refractivity contribution in [2.24, 2.45) is 5.73 Å². The Bertz CT molecular complexity index is 302. The number of hydrogen-bond donors (Lipinski definition) is 2. The van der Waals surface area contributed by atoms with E-state index in [4.69, 9.17) is 5.73 Å². The van der Waals surface area contributed by atoms with Crippen LogP contribution >= 0.6 is 0 Å². The molecule has 3 N–H and O–H groups in total. The lowest BCUT2D eigenvalue weighted by atomic mass is 10.0. The monoisotopic (exact) mass is 187 g/mol. The summed E-state index contributed by atoms with van der Waals surface area (Å²) in [6.07, 6.45) is -2.66. The van der Waals surface area contributed by atoms with E-state index in [1.165, 1.54) is 12.1 Å². The van der Waals surface area contributed by atoms with Gasteiger partial charge in [0.05, 0.1) is 6.04 Å². The number of hydrogen-bond acceptors (Lipinski definition) is 2. The molecule has 0 spiro atoms. The number of aryl methyl sites for hydroxylation is 1. The summed E-state index contributed by atoms with van der Waals surface area (Å²) in [4.78, 5) is 0. The van der Waals surface area contributed by atoms with E-state index < -0.39 is 12.5 Å². The molecule has 4 heteroatoms. The molecule has 0 radical (unpaired) electrons. The van der Waals surface area contributed by atoms with Crippen molar-refractivity contribution in [3.8, 4) is 5.75 Å². The minimum atomic E-state index is -2.66. The predicted octanol–water partition coefficient (Wildman–Crippen LogP) is 1.97. The average molecular weight is 187 g/mol. The Morgan fingerprint density at radius 3 is 2.54 bits per heavy atom. The zero-order chi connectivity index (χ0) is 10.0. The summed E-state index contributed by atoms with van der Waals surface area (Å²) in [6, 6.07) is 3.05. The van der Waals surface area contributed by atoms with Gasteiger partial charge in [-0.3, -0.25) is 0 Å². The summed E-state index contributed by atoms with van der Waals surface area (Å²) in [7, 11) is 0. The van der Waals surface area contributed by atoms with Gasteiger partial charge in [-0.25, -0.2) is 8.78 Å². The van der Waals surface area contributed by atoms with Gasteiger partial charge >= 0.3 is 0 Å². The summed E-state index contributed by atoms with van der Waals surface area (Å²) < 4.78 is 24.4. The Kier molecular flexibility index (Phi) is 2.83. The summed E-state index contributed by atoms with van der Waals surface area (Å²) in [5.74, 6) is -0.182. The average Bonchev–Trinajstić information content (AvgIpc) is 2.08. The molecule has 0 bridgehead atoms. The molecule has 0 saturated carbocycles. The number of aromatic hydroxyl groups is 1. The molecule has 0 heterocycles. The first-order chi connectivity index (χ1) is 6.02. The van der Waals surface area contributed by atoms with Gasteiger partial charge in [0.15, 0.2) is 0 Å². The fourth-order valence-electron chi connectivity index (χ4n) is 1.08. The normalized spacial score (nSPS) is 13.3. The second-order valence-electron chi connectivity index (χ2n) is 2.92. The number of phenolic OH excluding ortho intramolecular Hbond substituents is 1. The Balaban J connectivity index is 3.05. The molecule has 0 saturated heterocycles. The van der Waals surface area contributed by atoms with E-state index in [1.807, 2.05) is 0 Å². The van der Waals surface area contributed by atoms with E-state index in [9.17, 15) is 13.9 Å². The van der Waals surface area contributed by atoms with Gasteiger partial charge < -0.3 is 10.8 Å². The summed E-state index contributed by atoms with van der Waals surface area (Å²) in [5, 5.41) is 9.24. The molecule has 1 unspecified atom stereocenters. The van der Waals surface area contributed by atoms with Crippen LogP contribution < -0.4 is 5.73 Å². The Morgan fingerprint density at radius 1 is 1.38 bits per heavy atom. The summed E-state index contributed by atoms with van der Waals surface area (Å²) in [5.41, 5.74) is 6.09. The molecule has 0 amide bonds. The third-order valence-corrected chi connectivity index (χ3v) is 1.81. The van der Waals surface area contributed by atoms with Crippen molar-refractivity contribution in [1.82, 2.24) is 0 Å². The van der Waals surface area contributed by atoms with Crippen molar-refractivity contribution in [3.63, 3.8) is 0 Å². The number of phenols is 1. The molecule has 0 aliphatic carbocycles. The van der Waals surface area contributed by atoms with Crippen LogP contribution in [0.25, 0.3) is 0 Å². The molecule has 0 fully saturated rings. The largest absolute Gasteiger partial charge is 0.508 e. The van der Waals surface area contributed by atoms with Gasteiger partial charge in [0.2, 0.25) is 0 Å². The van der Waals surface area contributed by atoms with Gasteiger partial charge in [0.25, 0.3) is 6.43 Å². The van der Waals surface area contributed by atoms with Gasteiger partial charge in [0.1, 0.15) is 5.75 Å². The molecule has 1 atom stereocenters. The van der Waals surface area contributed by atoms with Crippen LogP contribution in [0.1, 0.15) is 17.2 Å². The van der Waals surface area contributed by atoms with Crippen LogP contribution in [0.2, 0.25) is 0 Å². The SMILES string of the molecule is Cc1ccc(O)c(C(N)C(F)F)c1. The van der Waals surface area contributed by atoms with Crippen LogP contribution in [-0.4, -0.2) is 11.5 Å². The first-order valence-electron chi connectivity index (χ1n) is 3.85. The van der Waals surface area contributed by atoms with Crippen molar-refractivity contribution >= 4 is 0 Å². The quantitative estimate of drug-likeness (QED) is 0.743. The molecule has 72 valence electrons. The van der Waals surface area contributed by atoms with E-state index in [-0.39, 0.29) is 11.3 Å². The maximum atomic E-state index is 12.2. The summed E-state index contributed by atoms with van der Waals surface area (Å²) >= 11 is 0. The lowest BCUT2D eigenvalue weighted by Gasteiger charge is -2.12. The van der Waals surface area contributed by atoms with Crippen LogP contribution in [0.15, 0.2) is 18.2 Å². The van der Waals surface area contributed by atoms with Crippen molar-refractivity contribution in [3.05, 3.63) is 29.3 Å². The van der Waals surface area contributed by atoms with E-state index in [0.717, 1.165) is 5.56 Å². The second kappa shape index (κ2) is 3.70. The van der Waals surface area contributed by atoms with Gasteiger partial charge in [-0.2, -0.15) is 0 Å². The highest BCUT2D eigenvalue weighted by Crippen LogP contribution is 2.27. The highest BCUT2D eigenvalue weighted by atomic mass is 19.3. The lowest BCUT2D eigenvalue weighted by molar-refractivity contribution is 0.115. The molecule has 0 aliphatic heterocycles. The Labute approximate surface area is 75.0 Å². The first-order valence-corrected chi connectivity index (χ1v) is 3.85. The van der Waals surface area contributed by atoms with E-state index >= 15 is 0 Å². The van der Waals surface area contributed by atoms with Crippen LogP contribution in [0.3, 0.4) is 0 Å². The Hall–Kier alpha value is -1.16. The molecule has 0 aromatic heterocycles. The number of alkyl halides is 2. The van der Waals surface area contributed by atoms with Crippen LogP contribution in [0.5, 0.6) is 5.75 Å². The lowest BCUT2D eigenvalue weighted by Crippen LogP contribution is -2.19. The number of benzene rings is 1. The van der Waals surface area contributed by atoms with Gasteiger partial charge in [-0.15, -0.1) is 0 Å². The van der Waals surface area contributed by atoms with Crippen LogP contribution in [0.4, 0.5) is 8.78 Å². The van der Waals surface area contributed by atoms with Crippen molar-refractivity contribution < 1.29 is 13.9 Å². The Morgan fingerprint density at radius 2 is 2.00 bits per heavy atom.